The van der Waals surface area contributed by atoms with Crippen LogP contribution in [0.25, 0.3) is 0 Å². The molecule has 3 heterocycles. The zero-order valence-corrected chi connectivity index (χ0v) is 16.9. The van der Waals surface area contributed by atoms with Gasteiger partial charge in [0.05, 0.1) is 0 Å². The van der Waals surface area contributed by atoms with Crippen LogP contribution in [0.3, 0.4) is 0 Å². The number of carbonyl (C=O) groups excluding carboxylic acids is 2. The molecule has 1 aromatic rings. The van der Waals surface area contributed by atoms with Gasteiger partial charge in [-0.25, -0.2) is 14.6 Å². The summed E-state index contributed by atoms with van der Waals surface area (Å²) in [6.07, 6.45) is 2.14. The van der Waals surface area contributed by atoms with Gasteiger partial charge in [-0.2, -0.15) is 0 Å². The number of fused-ring (bicyclic) bond motifs is 1. The number of aliphatic carboxylic acids is 1. The van der Waals surface area contributed by atoms with Gasteiger partial charge in [0.15, 0.2) is 0 Å². The van der Waals surface area contributed by atoms with Crippen LogP contribution >= 0.6 is 0 Å². The molecular formula is C20H27N3O6. The molecule has 9 heteroatoms. The molecule has 0 radical (unpaired) electrons. The van der Waals surface area contributed by atoms with E-state index in [1.54, 1.807) is 32.9 Å². The second-order valence-electron chi connectivity index (χ2n) is 8.33. The van der Waals surface area contributed by atoms with Crippen molar-refractivity contribution in [3.8, 4) is 0 Å². The highest BCUT2D eigenvalue weighted by Crippen LogP contribution is 2.32. The third-order valence-corrected chi connectivity index (χ3v) is 5.02. The zero-order valence-electron chi connectivity index (χ0n) is 16.9. The fraction of sp³-hybridized carbons (Fsp3) is 0.600. The van der Waals surface area contributed by atoms with Crippen molar-refractivity contribution in [2.75, 3.05) is 18.1 Å². The average molecular weight is 405 g/mol. The van der Waals surface area contributed by atoms with Crippen molar-refractivity contribution < 1.29 is 29.0 Å². The van der Waals surface area contributed by atoms with E-state index in [1.165, 1.54) is 11.1 Å². The summed E-state index contributed by atoms with van der Waals surface area (Å²) < 4.78 is 10.7. The van der Waals surface area contributed by atoms with Gasteiger partial charge in [0.25, 0.3) is 5.91 Å². The first-order chi connectivity index (χ1) is 13.7. The minimum atomic E-state index is -1.11. The molecule has 2 N–H and O–H groups in total. The predicted molar refractivity (Wildman–Crippen MR) is 104 cm³/mol. The maximum atomic E-state index is 13.5. The van der Waals surface area contributed by atoms with Gasteiger partial charge < -0.3 is 19.9 Å². The summed E-state index contributed by atoms with van der Waals surface area (Å²) in [5.74, 6) is -1.47. The number of anilines is 1. The first kappa shape index (κ1) is 21.0. The Kier molecular flexibility index (Phi) is 6.07. The monoisotopic (exact) mass is 405 g/mol. The fourth-order valence-corrected chi connectivity index (χ4v) is 3.72. The highest BCUT2D eigenvalue weighted by atomic mass is 16.6. The predicted octanol–water partition coefficient (Wildman–Crippen LogP) is 1.74. The van der Waals surface area contributed by atoms with E-state index in [0.29, 0.717) is 37.4 Å². The molecule has 2 atom stereocenters. The van der Waals surface area contributed by atoms with Crippen LogP contribution < -0.4 is 10.2 Å². The number of carboxylic acid groups (broad SMARTS) is 1. The Morgan fingerprint density at radius 1 is 1.31 bits per heavy atom. The fourth-order valence-electron chi connectivity index (χ4n) is 3.72. The Bertz CT molecular complexity index is 785. The van der Waals surface area contributed by atoms with Gasteiger partial charge in [-0.05, 0) is 51.2 Å². The van der Waals surface area contributed by atoms with Crippen LogP contribution in [-0.2, 0) is 25.5 Å². The second-order valence-corrected chi connectivity index (χ2v) is 8.33. The summed E-state index contributed by atoms with van der Waals surface area (Å²) in [5.41, 5.74) is -0.0325. The number of carboxylic acids is 1. The van der Waals surface area contributed by atoms with Crippen molar-refractivity contribution in [1.82, 2.24) is 10.3 Å². The van der Waals surface area contributed by atoms with Gasteiger partial charge in [0.1, 0.15) is 23.5 Å². The molecule has 0 saturated carbocycles. The van der Waals surface area contributed by atoms with Crippen molar-refractivity contribution in [3.63, 3.8) is 0 Å². The number of pyridine rings is 1. The number of carbonyl (C=O) groups is 3. The Hall–Kier alpha value is -2.68. The van der Waals surface area contributed by atoms with E-state index in [1.807, 2.05) is 0 Å². The summed E-state index contributed by atoms with van der Waals surface area (Å²) in [5, 5.41) is 12.4. The lowest BCUT2D eigenvalue weighted by Gasteiger charge is -2.34. The third kappa shape index (κ3) is 4.84. The molecule has 0 spiro atoms. The van der Waals surface area contributed by atoms with Crippen molar-refractivity contribution in [2.24, 2.45) is 5.92 Å². The molecule has 2 aliphatic rings. The van der Waals surface area contributed by atoms with Crippen LogP contribution in [0.1, 0.15) is 39.2 Å². The Morgan fingerprint density at radius 3 is 2.62 bits per heavy atom. The van der Waals surface area contributed by atoms with Crippen LogP contribution in [0.5, 0.6) is 0 Å². The Balaban J connectivity index is 1.90. The number of amides is 2. The number of alkyl carbamates (subject to hydrolysis) is 1. The lowest BCUT2D eigenvalue weighted by atomic mass is 9.90. The van der Waals surface area contributed by atoms with Crippen molar-refractivity contribution in [3.05, 3.63) is 23.9 Å². The van der Waals surface area contributed by atoms with Gasteiger partial charge in [-0.3, -0.25) is 9.69 Å². The van der Waals surface area contributed by atoms with E-state index in [0.717, 1.165) is 0 Å². The Morgan fingerprint density at radius 2 is 2.00 bits per heavy atom. The van der Waals surface area contributed by atoms with E-state index in [-0.39, 0.29) is 12.3 Å². The van der Waals surface area contributed by atoms with Crippen molar-refractivity contribution >= 4 is 23.8 Å². The van der Waals surface area contributed by atoms with Gasteiger partial charge in [0.2, 0.25) is 0 Å². The second kappa shape index (κ2) is 8.36. The molecule has 3 rings (SSSR count). The minimum Gasteiger partial charge on any atom is -0.480 e. The summed E-state index contributed by atoms with van der Waals surface area (Å²) in [4.78, 5) is 43.2. The highest BCUT2D eigenvalue weighted by Gasteiger charge is 2.44. The molecule has 2 amide bonds. The molecule has 1 aromatic heterocycles. The number of nitrogens with zero attached hydrogens (tertiary/aromatic N) is 2. The lowest BCUT2D eigenvalue weighted by molar-refractivity contribution is -0.140. The van der Waals surface area contributed by atoms with Gasteiger partial charge in [-0.15, -0.1) is 0 Å². The maximum absolute atomic E-state index is 13.5. The van der Waals surface area contributed by atoms with Crippen LogP contribution in [0, 0.1) is 5.92 Å². The van der Waals surface area contributed by atoms with Gasteiger partial charge in [-0.1, -0.05) is 6.07 Å². The third-order valence-electron chi connectivity index (χ3n) is 5.02. The van der Waals surface area contributed by atoms with Crippen molar-refractivity contribution in [1.29, 1.82) is 0 Å². The number of nitrogens with one attached hydrogen (secondary N) is 1. The molecule has 9 nitrogen and oxygen atoms in total. The topological polar surface area (TPSA) is 118 Å². The molecule has 2 unspecified atom stereocenters. The normalized spacial score (nSPS) is 20.7. The molecular weight excluding hydrogens is 378 g/mol. The summed E-state index contributed by atoms with van der Waals surface area (Å²) >= 11 is 0. The van der Waals surface area contributed by atoms with E-state index in [4.69, 9.17) is 9.47 Å². The van der Waals surface area contributed by atoms with Crippen LogP contribution in [0.15, 0.2) is 18.3 Å². The number of hydrogen-bond donors (Lipinski definition) is 2. The van der Waals surface area contributed by atoms with Gasteiger partial charge in [0, 0.05) is 25.8 Å². The summed E-state index contributed by atoms with van der Waals surface area (Å²) in [7, 11) is 0. The maximum Gasteiger partial charge on any atom is 0.408 e. The average Bonchev–Trinajstić information content (AvgIpc) is 3.05. The molecule has 0 aliphatic carbocycles. The number of hydrogen-bond acceptors (Lipinski definition) is 6. The molecule has 29 heavy (non-hydrogen) atoms. The smallest absolute Gasteiger partial charge is 0.408 e. The SMILES string of the molecule is CC(C)(C)OC(=O)NC(C(=O)N1c2ncccc2CC1C(=O)O)C1CCOCC1. The number of aromatic nitrogens is 1. The first-order valence-electron chi connectivity index (χ1n) is 9.74. The Labute approximate surface area is 169 Å². The zero-order chi connectivity index (χ0) is 21.2. The lowest BCUT2D eigenvalue weighted by Crippen LogP contribution is -2.57. The standard InChI is InChI=1S/C20H27N3O6/c1-20(2,3)29-19(27)22-15(12-6-9-28-10-7-12)17(24)23-14(18(25)26)11-13-5-4-8-21-16(13)23/h4-5,8,12,14-15H,6-7,9-11H2,1-3H3,(H,22,27)(H,25,26). The molecule has 1 fully saturated rings. The molecule has 0 aromatic carbocycles. The number of rotatable bonds is 4. The molecule has 0 bridgehead atoms. The van der Waals surface area contributed by atoms with Gasteiger partial charge >= 0.3 is 12.1 Å². The van der Waals surface area contributed by atoms with E-state index >= 15 is 0 Å². The summed E-state index contributed by atoms with van der Waals surface area (Å²) in [6.45, 7) is 6.15. The largest absolute Gasteiger partial charge is 0.480 e. The summed E-state index contributed by atoms with van der Waals surface area (Å²) in [6, 6.07) is 1.48. The highest BCUT2D eigenvalue weighted by molar-refractivity contribution is 6.04. The number of ether oxygens (including phenoxy) is 2. The molecule has 1 saturated heterocycles. The van der Waals surface area contributed by atoms with Crippen LogP contribution in [0.4, 0.5) is 10.6 Å². The van der Waals surface area contributed by atoms with Crippen LogP contribution in [0.2, 0.25) is 0 Å². The first-order valence-corrected chi connectivity index (χ1v) is 9.74. The van der Waals surface area contributed by atoms with Crippen molar-refractivity contribution in [2.45, 2.75) is 57.7 Å². The van der Waals surface area contributed by atoms with E-state index in [9.17, 15) is 19.5 Å². The molecule has 2 aliphatic heterocycles. The van der Waals surface area contributed by atoms with E-state index < -0.39 is 35.7 Å². The van der Waals surface area contributed by atoms with Crippen LogP contribution in [-0.4, -0.2) is 59.0 Å². The minimum absolute atomic E-state index is 0.178. The quantitative estimate of drug-likeness (QED) is 0.783. The molecule has 158 valence electrons. The van der Waals surface area contributed by atoms with E-state index in [2.05, 4.69) is 10.3 Å².